The summed E-state index contributed by atoms with van der Waals surface area (Å²) in [4.78, 5) is 19.5. The molecule has 0 saturated heterocycles. The number of phenolic OH excluding ortho intramolecular Hbond substituents is 1. The summed E-state index contributed by atoms with van der Waals surface area (Å²) in [6.45, 7) is 0.407. The first-order chi connectivity index (χ1) is 12.1. The third-order valence-electron chi connectivity index (χ3n) is 3.53. The molecule has 0 fully saturated rings. The van der Waals surface area contributed by atoms with E-state index in [0.29, 0.717) is 30.5 Å². The number of hydrogen-bond donors (Lipinski definition) is 2. The summed E-state index contributed by atoms with van der Waals surface area (Å²) in [6, 6.07) is 12.3. The van der Waals surface area contributed by atoms with Crippen molar-refractivity contribution in [1.29, 1.82) is 0 Å². The van der Waals surface area contributed by atoms with Crippen LogP contribution >= 0.6 is 0 Å². The standard InChI is InChI=1S/C19H20N2O4.Na/c22-17-9-3-1-6-14(17)12-20-11-5-8-16(19(24)25)21-13-15-7-2-4-10-18(15)23;/h1-4,6-7,9-10,12-13,16,22-23H,5,8,11H2,(H,24,25);/q;+1/p-1/t16-;/m0./s1. The smallest absolute Gasteiger partial charge is 0.872 e. The molecule has 0 heterocycles. The first-order valence-electron chi connectivity index (χ1n) is 7.88. The van der Waals surface area contributed by atoms with Crippen molar-refractivity contribution in [3.05, 3.63) is 59.7 Å². The molecule has 130 valence electrons. The van der Waals surface area contributed by atoms with E-state index in [0.717, 1.165) is 0 Å². The quantitative estimate of drug-likeness (QED) is 0.366. The molecule has 0 aliphatic heterocycles. The maximum absolute atomic E-state index is 11.5. The number of phenols is 1. The van der Waals surface area contributed by atoms with Crippen LogP contribution in [0.1, 0.15) is 24.0 Å². The van der Waals surface area contributed by atoms with Crippen molar-refractivity contribution in [2.75, 3.05) is 6.54 Å². The average molecular weight is 362 g/mol. The summed E-state index contributed by atoms with van der Waals surface area (Å²) in [6.07, 6.45) is 3.71. The van der Waals surface area contributed by atoms with Crippen molar-refractivity contribution in [3.8, 4) is 11.5 Å². The minimum absolute atomic E-state index is 0. The molecule has 7 heteroatoms. The van der Waals surface area contributed by atoms with E-state index in [9.17, 15) is 20.1 Å². The van der Waals surface area contributed by atoms with Gasteiger partial charge in [-0.15, -0.1) is 5.75 Å². The Morgan fingerprint density at radius 1 is 1.08 bits per heavy atom. The molecule has 26 heavy (non-hydrogen) atoms. The minimum atomic E-state index is -1.03. The summed E-state index contributed by atoms with van der Waals surface area (Å²) in [5.74, 6) is -1.07. The number of aromatic hydroxyl groups is 1. The molecule has 0 radical (unpaired) electrons. The first-order valence-corrected chi connectivity index (χ1v) is 7.88. The monoisotopic (exact) mass is 362 g/mol. The number of hydrogen-bond acceptors (Lipinski definition) is 5. The fourth-order valence-corrected chi connectivity index (χ4v) is 2.15. The van der Waals surface area contributed by atoms with Gasteiger partial charge in [-0.3, -0.25) is 9.98 Å². The van der Waals surface area contributed by atoms with E-state index in [1.807, 2.05) is 0 Å². The van der Waals surface area contributed by atoms with Gasteiger partial charge >= 0.3 is 35.5 Å². The third-order valence-corrected chi connectivity index (χ3v) is 3.53. The van der Waals surface area contributed by atoms with Crippen LogP contribution in [0.3, 0.4) is 0 Å². The Morgan fingerprint density at radius 3 is 2.38 bits per heavy atom. The normalized spacial score (nSPS) is 12.2. The van der Waals surface area contributed by atoms with E-state index < -0.39 is 12.0 Å². The van der Waals surface area contributed by atoms with Crippen molar-refractivity contribution in [1.82, 2.24) is 0 Å². The number of aliphatic imine (C=N–C) groups is 2. The zero-order valence-corrected chi connectivity index (χ0v) is 16.6. The number of para-hydroxylation sites is 2. The number of carbonyl (C=O) groups is 1. The Hall–Kier alpha value is -2.15. The molecular formula is C19H19N2NaO4. The van der Waals surface area contributed by atoms with Crippen LogP contribution in [0.4, 0.5) is 0 Å². The van der Waals surface area contributed by atoms with Crippen molar-refractivity contribution < 1.29 is 49.7 Å². The topological polar surface area (TPSA) is 105 Å². The maximum atomic E-state index is 11.5. The van der Waals surface area contributed by atoms with E-state index in [2.05, 4.69) is 9.98 Å². The van der Waals surface area contributed by atoms with Crippen molar-refractivity contribution in [2.24, 2.45) is 9.98 Å². The molecule has 2 N–H and O–H groups in total. The summed E-state index contributed by atoms with van der Waals surface area (Å²) < 4.78 is 0. The molecule has 0 amide bonds. The molecule has 0 saturated carbocycles. The van der Waals surface area contributed by atoms with E-state index in [-0.39, 0.29) is 41.1 Å². The number of rotatable bonds is 8. The summed E-state index contributed by atoms with van der Waals surface area (Å²) in [5.41, 5.74) is 0.980. The van der Waals surface area contributed by atoms with Crippen LogP contribution in [0.2, 0.25) is 0 Å². The Balaban J connectivity index is 0.00000338. The van der Waals surface area contributed by atoms with Crippen LogP contribution < -0.4 is 34.7 Å². The molecule has 0 aliphatic rings. The molecule has 0 spiro atoms. The fraction of sp³-hybridized carbons (Fsp3) is 0.211. The van der Waals surface area contributed by atoms with Gasteiger partial charge in [0.2, 0.25) is 0 Å². The van der Waals surface area contributed by atoms with Crippen LogP contribution in [0.15, 0.2) is 58.5 Å². The van der Waals surface area contributed by atoms with E-state index in [1.54, 1.807) is 36.4 Å². The maximum Gasteiger partial charge on any atom is 1.00 e. The zero-order valence-electron chi connectivity index (χ0n) is 14.6. The minimum Gasteiger partial charge on any atom is -0.872 e. The summed E-state index contributed by atoms with van der Waals surface area (Å²) >= 11 is 0. The summed E-state index contributed by atoms with van der Waals surface area (Å²) in [5, 5.41) is 30.4. The van der Waals surface area contributed by atoms with Crippen molar-refractivity contribution in [3.63, 3.8) is 0 Å². The number of benzene rings is 2. The SMILES string of the molecule is O=C(O)[C@H](CCCN=Cc1ccccc1[O-])N=Cc1ccccc1O.[Na+]. The Bertz CT molecular complexity index is 778. The van der Waals surface area contributed by atoms with Gasteiger partial charge < -0.3 is 15.3 Å². The Labute approximate surface area is 174 Å². The number of nitrogens with zero attached hydrogens (tertiary/aromatic N) is 2. The third kappa shape index (κ3) is 7.00. The second kappa shape index (κ2) is 11.5. The largest absolute Gasteiger partial charge is 1.00 e. The second-order valence-corrected chi connectivity index (χ2v) is 5.41. The molecule has 6 nitrogen and oxygen atoms in total. The summed E-state index contributed by atoms with van der Waals surface area (Å²) in [7, 11) is 0. The van der Waals surface area contributed by atoms with Gasteiger partial charge in [-0.2, -0.15) is 0 Å². The predicted molar refractivity (Wildman–Crippen MR) is 94.7 cm³/mol. The molecule has 2 aromatic carbocycles. The molecule has 0 bridgehead atoms. The first kappa shape index (κ1) is 21.9. The average Bonchev–Trinajstić information content (AvgIpc) is 2.59. The van der Waals surface area contributed by atoms with E-state index >= 15 is 0 Å². The number of carboxylic acid groups (broad SMARTS) is 1. The van der Waals surface area contributed by atoms with Crippen molar-refractivity contribution >= 4 is 18.4 Å². The van der Waals surface area contributed by atoms with Gasteiger partial charge in [0, 0.05) is 24.5 Å². The van der Waals surface area contributed by atoms with Gasteiger partial charge in [0.1, 0.15) is 11.8 Å². The van der Waals surface area contributed by atoms with Gasteiger partial charge in [-0.25, -0.2) is 4.79 Å². The van der Waals surface area contributed by atoms with E-state index in [4.69, 9.17) is 0 Å². The fourth-order valence-electron chi connectivity index (χ4n) is 2.15. The molecular weight excluding hydrogens is 343 g/mol. The van der Waals surface area contributed by atoms with Gasteiger partial charge in [0.25, 0.3) is 0 Å². The Morgan fingerprint density at radius 2 is 1.73 bits per heavy atom. The molecule has 0 aromatic heterocycles. The van der Waals surface area contributed by atoms with E-state index in [1.165, 1.54) is 24.6 Å². The van der Waals surface area contributed by atoms with Crippen LogP contribution in [0, 0.1) is 0 Å². The van der Waals surface area contributed by atoms with Crippen LogP contribution in [0.25, 0.3) is 0 Å². The van der Waals surface area contributed by atoms with Crippen molar-refractivity contribution in [2.45, 2.75) is 18.9 Å². The number of aliphatic carboxylic acids is 1. The van der Waals surface area contributed by atoms with Gasteiger partial charge in [-0.1, -0.05) is 36.4 Å². The Kier molecular flexibility index (Phi) is 9.65. The van der Waals surface area contributed by atoms with Crippen LogP contribution in [-0.4, -0.2) is 41.2 Å². The predicted octanol–water partition coefficient (Wildman–Crippen LogP) is -0.759. The molecule has 2 aromatic rings. The molecule has 0 aliphatic carbocycles. The molecule has 0 unspecified atom stereocenters. The van der Waals surface area contributed by atoms with Gasteiger partial charge in [0.15, 0.2) is 0 Å². The van der Waals surface area contributed by atoms with Gasteiger partial charge in [0.05, 0.1) is 0 Å². The molecule has 1 atom stereocenters. The van der Waals surface area contributed by atoms with Crippen LogP contribution in [0.5, 0.6) is 11.5 Å². The number of carboxylic acids is 1. The molecule has 2 rings (SSSR count). The van der Waals surface area contributed by atoms with Crippen LogP contribution in [-0.2, 0) is 4.79 Å². The zero-order chi connectivity index (χ0) is 18.1. The van der Waals surface area contributed by atoms with Gasteiger partial charge in [-0.05, 0) is 30.5 Å². The second-order valence-electron chi connectivity index (χ2n) is 5.41.